The van der Waals surface area contributed by atoms with Crippen LogP contribution in [0.4, 0.5) is 16.4 Å². The summed E-state index contributed by atoms with van der Waals surface area (Å²) in [5.74, 6) is -0.404. The summed E-state index contributed by atoms with van der Waals surface area (Å²) in [6.07, 6.45) is 0. The molecule has 1 N–H and O–H groups in total. The number of ether oxygens (including phenoxy) is 1. The predicted octanol–water partition coefficient (Wildman–Crippen LogP) is 3.13. The van der Waals surface area contributed by atoms with Crippen LogP contribution in [0.5, 0.6) is 0 Å². The smallest absolute Gasteiger partial charge is 0.360 e. The minimum Gasteiger partial charge on any atom is -0.461 e. The third-order valence-corrected chi connectivity index (χ3v) is 3.41. The number of hydrogen-bond donors (Lipinski definition) is 1. The lowest BCUT2D eigenvalue weighted by Crippen LogP contribution is -2.11. The van der Waals surface area contributed by atoms with Gasteiger partial charge < -0.3 is 15.0 Å². The molecular formula is C14H17N3O2S. The summed E-state index contributed by atoms with van der Waals surface area (Å²) in [5, 5.41) is 3.95. The van der Waals surface area contributed by atoms with Crippen molar-refractivity contribution in [1.82, 2.24) is 4.98 Å². The summed E-state index contributed by atoms with van der Waals surface area (Å²) >= 11 is 1.38. The molecule has 6 heteroatoms. The van der Waals surface area contributed by atoms with Crippen LogP contribution in [-0.2, 0) is 4.74 Å². The average Bonchev–Trinajstić information content (AvgIpc) is 2.87. The van der Waals surface area contributed by atoms with Crippen molar-refractivity contribution >= 4 is 33.7 Å². The first kappa shape index (κ1) is 14.3. The second-order valence-corrected chi connectivity index (χ2v) is 5.14. The van der Waals surface area contributed by atoms with Gasteiger partial charge in [-0.2, -0.15) is 0 Å². The number of nitrogens with zero attached hydrogens (tertiary/aromatic N) is 2. The molecule has 0 aliphatic rings. The number of carbonyl (C=O) groups excluding carboxylic acids is 1. The molecule has 0 aliphatic heterocycles. The molecule has 5 nitrogen and oxygen atoms in total. The molecular weight excluding hydrogens is 274 g/mol. The number of esters is 1. The van der Waals surface area contributed by atoms with E-state index in [2.05, 4.69) is 10.3 Å². The highest BCUT2D eigenvalue weighted by atomic mass is 32.1. The van der Waals surface area contributed by atoms with E-state index >= 15 is 0 Å². The number of nitrogens with one attached hydrogen (secondary N) is 1. The molecule has 0 atom stereocenters. The molecule has 0 radical (unpaired) electrons. The number of anilines is 3. The molecule has 1 heterocycles. The first-order chi connectivity index (χ1) is 9.63. The molecule has 0 saturated carbocycles. The maximum atomic E-state index is 11.8. The molecule has 2 aromatic rings. The first-order valence-corrected chi connectivity index (χ1v) is 7.15. The summed E-state index contributed by atoms with van der Waals surface area (Å²) in [6, 6.07) is 7.89. The van der Waals surface area contributed by atoms with Crippen LogP contribution in [-0.4, -0.2) is 31.7 Å². The van der Waals surface area contributed by atoms with E-state index in [9.17, 15) is 4.79 Å². The second-order valence-electron chi connectivity index (χ2n) is 4.29. The molecule has 0 aliphatic carbocycles. The molecule has 0 fully saturated rings. The molecule has 0 amide bonds. The topological polar surface area (TPSA) is 54.5 Å². The van der Waals surface area contributed by atoms with E-state index in [4.69, 9.17) is 4.74 Å². The van der Waals surface area contributed by atoms with Crippen molar-refractivity contribution in [3.05, 3.63) is 35.5 Å². The standard InChI is InChI=1S/C14H17N3O2S/c1-4-19-14(18)12-13(20-9-15-12)16-10-7-5-6-8-11(10)17(2)3/h5-9,16H,4H2,1-3H3. The normalized spacial score (nSPS) is 10.2. The Bertz CT molecular complexity index is 596. The highest BCUT2D eigenvalue weighted by molar-refractivity contribution is 7.14. The van der Waals surface area contributed by atoms with Gasteiger partial charge in [0.1, 0.15) is 5.00 Å². The summed E-state index contributed by atoms with van der Waals surface area (Å²) in [5.41, 5.74) is 3.92. The highest BCUT2D eigenvalue weighted by Crippen LogP contribution is 2.31. The number of rotatable bonds is 5. The van der Waals surface area contributed by atoms with Crippen molar-refractivity contribution in [3.63, 3.8) is 0 Å². The monoisotopic (exact) mass is 291 g/mol. The minimum atomic E-state index is -0.404. The molecule has 2 rings (SSSR count). The Labute approximate surface area is 122 Å². The Morgan fingerprint density at radius 2 is 2.15 bits per heavy atom. The first-order valence-electron chi connectivity index (χ1n) is 6.27. The lowest BCUT2D eigenvalue weighted by atomic mass is 10.2. The summed E-state index contributed by atoms with van der Waals surface area (Å²) in [4.78, 5) is 17.9. The van der Waals surface area contributed by atoms with Crippen molar-refractivity contribution < 1.29 is 9.53 Å². The number of thiazole rings is 1. The Balaban J connectivity index is 2.27. The van der Waals surface area contributed by atoms with Crippen LogP contribution >= 0.6 is 11.3 Å². The quantitative estimate of drug-likeness (QED) is 0.858. The Morgan fingerprint density at radius 3 is 2.85 bits per heavy atom. The molecule has 1 aromatic carbocycles. The Morgan fingerprint density at radius 1 is 1.40 bits per heavy atom. The minimum absolute atomic E-state index is 0.324. The van der Waals surface area contributed by atoms with Crippen LogP contribution in [0.1, 0.15) is 17.4 Å². The zero-order chi connectivity index (χ0) is 14.5. The number of para-hydroxylation sites is 2. The number of carbonyl (C=O) groups is 1. The van der Waals surface area contributed by atoms with Crippen LogP contribution in [0.25, 0.3) is 0 Å². The Hall–Kier alpha value is -2.08. The molecule has 0 unspecified atom stereocenters. The van der Waals surface area contributed by atoms with Crippen LogP contribution < -0.4 is 10.2 Å². The SMILES string of the molecule is CCOC(=O)c1ncsc1Nc1ccccc1N(C)C. The Kier molecular flexibility index (Phi) is 4.57. The van der Waals surface area contributed by atoms with Gasteiger partial charge in [0.2, 0.25) is 0 Å². The van der Waals surface area contributed by atoms with Crippen molar-refractivity contribution in [2.45, 2.75) is 6.92 Å². The van der Waals surface area contributed by atoms with Gasteiger partial charge in [0.25, 0.3) is 0 Å². The fourth-order valence-electron chi connectivity index (χ4n) is 1.77. The summed E-state index contributed by atoms with van der Waals surface area (Å²) in [6.45, 7) is 2.11. The van der Waals surface area contributed by atoms with Gasteiger partial charge in [-0.1, -0.05) is 12.1 Å². The van der Waals surface area contributed by atoms with Crippen molar-refractivity contribution in [3.8, 4) is 0 Å². The fraction of sp³-hybridized carbons (Fsp3) is 0.286. The van der Waals surface area contributed by atoms with Gasteiger partial charge in [-0.25, -0.2) is 9.78 Å². The second kappa shape index (κ2) is 6.38. The molecule has 0 saturated heterocycles. The average molecular weight is 291 g/mol. The number of aromatic nitrogens is 1. The van der Waals surface area contributed by atoms with Gasteiger partial charge in [-0.15, -0.1) is 11.3 Å². The van der Waals surface area contributed by atoms with Crippen LogP contribution in [0, 0.1) is 0 Å². The number of benzene rings is 1. The van der Waals surface area contributed by atoms with E-state index in [0.717, 1.165) is 11.4 Å². The zero-order valence-corrected chi connectivity index (χ0v) is 12.5. The van der Waals surface area contributed by atoms with Crippen molar-refractivity contribution in [2.24, 2.45) is 0 Å². The molecule has 1 aromatic heterocycles. The van der Waals surface area contributed by atoms with E-state index in [0.29, 0.717) is 17.3 Å². The largest absolute Gasteiger partial charge is 0.461 e. The van der Waals surface area contributed by atoms with Gasteiger partial charge in [-0.3, -0.25) is 0 Å². The highest BCUT2D eigenvalue weighted by Gasteiger charge is 2.17. The van der Waals surface area contributed by atoms with Gasteiger partial charge in [0, 0.05) is 14.1 Å². The maximum Gasteiger partial charge on any atom is 0.360 e. The van der Waals surface area contributed by atoms with Gasteiger partial charge in [-0.05, 0) is 19.1 Å². The van der Waals surface area contributed by atoms with Gasteiger partial charge >= 0.3 is 5.97 Å². The van der Waals surface area contributed by atoms with Crippen LogP contribution in [0.3, 0.4) is 0 Å². The van der Waals surface area contributed by atoms with Gasteiger partial charge in [0.05, 0.1) is 23.5 Å². The van der Waals surface area contributed by atoms with Crippen LogP contribution in [0.2, 0.25) is 0 Å². The van der Waals surface area contributed by atoms with E-state index in [1.807, 2.05) is 43.3 Å². The maximum absolute atomic E-state index is 11.8. The molecule has 106 valence electrons. The van der Waals surface area contributed by atoms with Crippen molar-refractivity contribution in [2.75, 3.05) is 30.9 Å². The van der Waals surface area contributed by atoms with E-state index in [1.165, 1.54) is 11.3 Å². The molecule has 0 spiro atoms. The lowest BCUT2D eigenvalue weighted by molar-refractivity contribution is 0.0521. The summed E-state index contributed by atoms with van der Waals surface area (Å²) in [7, 11) is 3.94. The van der Waals surface area contributed by atoms with Crippen molar-refractivity contribution in [1.29, 1.82) is 0 Å². The van der Waals surface area contributed by atoms with E-state index in [-0.39, 0.29) is 0 Å². The third kappa shape index (κ3) is 3.08. The predicted molar refractivity (Wildman–Crippen MR) is 82.1 cm³/mol. The van der Waals surface area contributed by atoms with E-state index < -0.39 is 5.97 Å². The summed E-state index contributed by atoms with van der Waals surface area (Å²) < 4.78 is 5.00. The zero-order valence-electron chi connectivity index (χ0n) is 11.7. The molecule has 20 heavy (non-hydrogen) atoms. The van der Waals surface area contributed by atoms with Gasteiger partial charge in [0.15, 0.2) is 5.69 Å². The lowest BCUT2D eigenvalue weighted by Gasteiger charge is -2.17. The third-order valence-electron chi connectivity index (χ3n) is 2.67. The number of hydrogen-bond acceptors (Lipinski definition) is 6. The molecule has 0 bridgehead atoms. The van der Waals surface area contributed by atoms with Crippen LogP contribution in [0.15, 0.2) is 29.8 Å². The van der Waals surface area contributed by atoms with E-state index in [1.54, 1.807) is 12.4 Å². The fourth-order valence-corrected chi connectivity index (χ4v) is 2.45.